The van der Waals surface area contributed by atoms with Gasteiger partial charge in [-0.2, -0.15) is 0 Å². The summed E-state index contributed by atoms with van der Waals surface area (Å²) in [6.45, 7) is 0. The van der Waals surface area contributed by atoms with Crippen molar-refractivity contribution in [1.29, 1.82) is 0 Å². The monoisotopic (exact) mass is 328 g/mol. The minimum Gasteiger partial charge on any atom is -0.507 e. The minimum absolute atomic E-state index is 0.178. The van der Waals surface area contributed by atoms with Crippen molar-refractivity contribution in [3.05, 3.63) is 83.9 Å². The van der Waals surface area contributed by atoms with E-state index in [-0.39, 0.29) is 11.5 Å². The number of aromatic hydroxyl groups is 2. The maximum atomic E-state index is 10.2. The fourth-order valence-electron chi connectivity index (χ4n) is 2.93. The normalized spacial score (nSPS) is 13.4. The standard InChI is InChI=1S/C21H16N2O2/c24-20-11-5-1-7-14(20)18-13-19(15-8-2-6-12-21(15)25)23-17-10-4-3-9-16(17)22-18/h1-12,24-25H,13H2. The fourth-order valence-corrected chi connectivity index (χ4v) is 2.93. The van der Waals surface area contributed by atoms with Gasteiger partial charge in [-0.1, -0.05) is 36.4 Å². The highest BCUT2D eigenvalue weighted by Crippen LogP contribution is 2.34. The molecule has 0 fully saturated rings. The van der Waals surface area contributed by atoms with E-state index in [0.29, 0.717) is 29.0 Å². The summed E-state index contributed by atoms with van der Waals surface area (Å²) in [7, 11) is 0. The molecule has 4 nitrogen and oxygen atoms in total. The predicted octanol–water partition coefficient (Wildman–Crippen LogP) is 4.74. The zero-order valence-electron chi connectivity index (χ0n) is 13.4. The molecule has 122 valence electrons. The summed E-state index contributed by atoms with van der Waals surface area (Å²) in [4.78, 5) is 9.47. The Labute approximate surface area is 145 Å². The van der Waals surface area contributed by atoms with Crippen LogP contribution < -0.4 is 0 Å². The molecule has 1 aliphatic heterocycles. The van der Waals surface area contributed by atoms with Gasteiger partial charge in [0.1, 0.15) is 11.5 Å². The van der Waals surface area contributed by atoms with Gasteiger partial charge in [0.05, 0.1) is 22.8 Å². The molecule has 0 bridgehead atoms. The predicted molar refractivity (Wildman–Crippen MR) is 99.7 cm³/mol. The molecule has 2 N–H and O–H groups in total. The van der Waals surface area contributed by atoms with Crippen LogP contribution in [0, 0.1) is 0 Å². The molecule has 3 aromatic carbocycles. The van der Waals surface area contributed by atoms with Crippen molar-refractivity contribution in [2.45, 2.75) is 6.42 Å². The van der Waals surface area contributed by atoms with Gasteiger partial charge in [-0.05, 0) is 36.4 Å². The van der Waals surface area contributed by atoms with Gasteiger partial charge in [0.15, 0.2) is 0 Å². The Bertz CT molecular complexity index is 926. The number of hydrogen-bond acceptors (Lipinski definition) is 4. The first-order valence-corrected chi connectivity index (χ1v) is 8.03. The Morgan fingerprint density at radius 2 is 0.960 bits per heavy atom. The Morgan fingerprint density at radius 3 is 1.40 bits per heavy atom. The molecule has 0 atom stereocenters. The number of nitrogens with zero attached hydrogens (tertiary/aromatic N) is 2. The Morgan fingerprint density at radius 1 is 0.560 bits per heavy atom. The summed E-state index contributed by atoms with van der Waals surface area (Å²) >= 11 is 0. The van der Waals surface area contributed by atoms with Crippen molar-refractivity contribution < 1.29 is 10.2 Å². The molecule has 0 amide bonds. The van der Waals surface area contributed by atoms with Gasteiger partial charge in [-0.3, -0.25) is 9.98 Å². The molecule has 1 heterocycles. The lowest BCUT2D eigenvalue weighted by atomic mass is 9.99. The summed E-state index contributed by atoms with van der Waals surface area (Å²) in [5.41, 5.74) is 4.25. The van der Waals surface area contributed by atoms with E-state index in [1.54, 1.807) is 24.3 Å². The molecular weight excluding hydrogens is 312 g/mol. The maximum Gasteiger partial charge on any atom is 0.124 e. The SMILES string of the molecule is Oc1ccccc1C1=Nc2ccccc2N=C(c2ccccc2O)C1. The third-order valence-electron chi connectivity index (χ3n) is 4.16. The van der Waals surface area contributed by atoms with E-state index in [1.165, 1.54) is 0 Å². The number of hydrogen-bond donors (Lipinski definition) is 2. The van der Waals surface area contributed by atoms with Crippen LogP contribution in [0.5, 0.6) is 11.5 Å². The summed E-state index contributed by atoms with van der Waals surface area (Å²) in [6, 6.07) is 21.9. The van der Waals surface area contributed by atoms with Crippen molar-refractivity contribution in [2.75, 3.05) is 0 Å². The Balaban J connectivity index is 1.91. The number of phenolic OH excluding ortho intramolecular Hbond substituents is 2. The van der Waals surface area contributed by atoms with Gasteiger partial charge in [0, 0.05) is 17.5 Å². The molecular formula is C21H16N2O2. The maximum absolute atomic E-state index is 10.2. The summed E-state index contributed by atoms with van der Waals surface area (Å²) < 4.78 is 0. The van der Waals surface area contributed by atoms with E-state index < -0.39 is 0 Å². The van der Waals surface area contributed by atoms with Crippen molar-refractivity contribution >= 4 is 22.8 Å². The molecule has 4 heteroatoms. The average Bonchev–Trinajstić information content (AvgIpc) is 2.82. The van der Waals surface area contributed by atoms with Gasteiger partial charge < -0.3 is 10.2 Å². The van der Waals surface area contributed by atoms with E-state index in [9.17, 15) is 10.2 Å². The lowest BCUT2D eigenvalue weighted by Crippen LogP contribution is -2.10. The average molecular weight is 328 g/mol. The second-order valence-electron chi connectivity index (χ2n) is 5.82. The zero-order chi connectivity index (χ0) is 17.2. The minimum atomic E-state index is 0.178. The molecule has 0 aliphatic carbocycles. The first-order chi connectivity index (χ1) is 12.2. The second kappa shape index (κ2) is 6.24. The van der Waals surface area contributed by atoms with Crippen LogP contribution in [0.3, 0.4) is 0 Å². The van der Waals surface area contributed by atoms with E-state index in [2.05, 4.69) is 0 Å². The zero-order valence-corrected chi connectivity index (χ0v) is 13.4. The number of rotatable bonds is 2. The molecule has 0 unspecified atom stereocenters. The largest absolute Gasteiger partial charge is 0.507 e. The molecule has 0 saturated heterocycles. The molecule has 0 aromatic heterocycles. The van der Waals surface area contributed by atoms with Gasteiger partial charge in [0.25, 0.3) is 0 Å². The third kappa shape index (κ3) is 2.90. The smallest absolute Gasteiger partial charge is 0.124 e. The first-order valence-electron chi connectivity index (χ1n) is 8.03. The van der Waals surface area contributed by atoms with Crippen LogP contribution in [0.2, 0.25) is 0 Å². The van der Waals surface area contributed by atoms with Crippen LogP contribution in [0.25, 0.3) is 0 Å². The fraction of sp³-hybridized carbons (Fsp3) is 0.0476. The summed E-state index contributed by atoms with van der Waals surface area (Å²) in [5.74, 6) is 0.356. The number of aliphatic imine (C=N–C) groups is 2. The molecule has 0 saturated carbocycles. The van der Waals surface area contributed by atoms with E-state index in [1.807, 2.05) is 48.5 Å². The van der Waals surface area contributed by atoms with E-state index in [4.69, 9.17) is 9.98 Å². The van der Waals surface area contributed by atoms with Crippen molar-refractivity contribution in [3.8, 4) is 11.5 Å². The Kier molecular flexibility index (Phi) is 3.78. The second-order valence-corrected chi connectivity index (χ2v) is 5.82. The molecule has 3 aromatic rings. The highest BCUT2D eigenvalue weighted by Gasteiger charge is 2.19. The third-order valence-corrected chi connectivity index (χ3v) is 4.16. The van der Waals surface area contributed by atoms with Gasteiger partial charge in [-0.25, -0.2) is 0 Å². The number of fused-ring (bicyclic) bond motifs is 1. The Hall–Kier alpha value is -3.40. The number of phenols is 2. The first kappa shape index (κ1) is 15.1. The molecule has 0 radical (unpaired) electrons. The van der Waals surface area contributed by atoms with E-state index in [0.717, 1.165) is 11.4 Å². The summed E-state index contributed by atoms with van der Waals surface area (Å²) in [6.07, 6.45) is 0.407. The van der Waals surface area contributed by atoms with Crippen LogP contribution in [0.4, 0.5) is 11.4 Å². The van der Waals surface area contributed by atoms with Crippen LogP contribution in [-0.2, 0) is 0 Å². The molecule has 0 spiro atoms. The van der Waals surface area contributed by atoms with Gasteiger partial charge >= 0.3 is 0 Å². The van der Waals surface area contributed by atoms with Crippen LogP contribution in [0.15, 0.2) is 82.8 Å². The van der Waals surface area contributed by atoms with Gasteiger partial charge in [0.2, 0.25) is 0 Å². The van der Waals surface area contributed by atoms with Crippen LogP contribution >= 0.6 is 0 Å². The van der Waals surface area contributed by atoms with Crippen molar-refractivity contribution in [1.82, 2.24) is 0 Å². The molecule has 25 heavy (non-hydrogen) atoms. The lowest BCUT2D eigenvalue weighted by molar-refractivity contribution is 0.474. The van der Waals surface area contributed by atoms with Crippen molar-refractivity contribution in [3.63, 3.8) is 0 Å². The summed E-state index contributed by atoms with van der Waals surface area (Å²) in [5, 5.41) is 20.5. The van der Waals surface area contributed by atoms with Gasteiger partial charge in [-0.15, -0.1) is 0 Å². The lowest BCUT2D eigenvalue weighted by Gasteiger charge is -2.10. The highest BCUT2D eigenvalue weighted by atomic mass is 16.3. The molecule has 4 rings (SSSR count). The number of benzene rings is 3. The number of para-hydroxylation sites is 4. The van der Waals surface area contributed by atoms with Crippen LogP contribution in [-0.4, -0.2) is 21.6 Å². The van der Waals surface area contributed by atoms with Crippen molar-refractivity contribution in [2.24, 2.45) is 9.98 Å². The molecule has 1 aliphatic rings. The van der Waals surface area contributed by atoms with Crippen LogP contribution in [0.1, 0.15) is 17.5 Å². The topological polar surface area (TPSA) is 65.2 Å². The quantitative estimate of drug-likeness (QED) is 0.713. The highest BCUT2D eigenvalue weighted by molar-refractivity contribution is 6.21. The van der Waals surface area contributed by atoms with E-state index >= 15 is 0 Å².